The van der Waals surface area contributed by atoms with Crippen molar-refractivity contribution in [2.24, 2.45) is 0 Å². The lowest BCUT2D eigenvalue weighted by atomic mass is 9.75. The molecule has 2 fully saturated rings. The maximum Gasteiger partial charge on any atom is 0.419 e. The SMILES string of the molecule is C=C1N(c2cnc(C#N)c(C(F)(F)F)c2)C(=O)C2(CCC2)N1c1ccc2c(c1)CCN(C)C2. The van der Waals surface area contributed by atoms with Crippen LogP contribution in [0.15, 0.2) is 42.9 Å². The first-order valence-electron chi connectivity index (χ1n) is 10.8. The fourth-order valence-electron chi connectivity index (χ4n) is 5.08. The molecule has 0 atom stereocenters. The summed E-state index contributed by atoms with van der Waals surface area (Å²) < 4.78 is 40.6. The largest absolute Gasteiger partial charge is 0.419 e. The zero-order valence-corrected chi connectivity index (χ0v) is 18.1. The molecule has 0 unspecified atom stereocenters. The van der Waals surface area contributed by atoms with Crippen molar-refractivity contribution in [1.29, 1.82) is 5.26 Å². The molecular weight excluding hydrogens is 431 g/mol. The maximum absolute atomic E-state index is 13.6. The van der Waals surface area contributed by atoms with Crippen LogP contribution in [0.3, 0.4) is 0 Å². The molecule has 33 heavy (non-hydrogen) atoms. The Kier molecular flexibility index (Phi) is 4.76. The van der Waals surface area contributed by atoms with Crippen LogP contribution in [-0.2, 0) is 23.9 Å². The van der Waals surface area contributed by atoms with Gasteiger partial charge in [-0.2, -0.15) is 18.4 Å². The van der Waals surface area contributed by atoms with Crippen LogP contribution >= 0.6 is 0 Å². The lowest BCUT2D eigenvalue weighted by Gasteiger charge is -2.43. The normalized spacial score (nSPS) is 20.1. The molecule has 1 aromatic heterocycles. The lowest BCUT2D eigenvalue weighted by molar-refractivity contribution is -0.138. The molecule has 1 spiro atoms. The van der Waals surface area contributed by atoms with E-state index in [1.807, 2.05) is 11.0 Å². The van der Waals surface area contributed by atoms with Crippen molar-refractivity contribution in [3.63, 3.8) is 0 Å². The standard InChI is InChI=1S/C24H22F3N5O/c1-15-31(19-11-20(24(25,26)27)21(12-28)29-13-19)22(33)23(7-3-8-23)32(15)18-5-4-17-14-30(2)9-6-16(17)10-18/h4-5,10-11,13H,1,3,6-9,14H2,2H3. The van der Waals surface area contributed by atoms with E-state index in [4.69, 9.17) is 5.26 Å². The summed E-state index contributed by atoms with van der Waals surface area (Å²) in [6, 6.07) is 8.37. The van der Waals surface area contributed by atoms with Crippen LogP contribution in [0.25, 0.3) is 0 Å². The molecule has 9 heteroatoms. The molecule has 3 heterocycles. The van der Waals surface area contributed by atoms with Gasteiger partial charge in [0.15, 0.2) is 5.69 Å². The number of alkyl halides is 3. The molecule has 1 aromatic carbocycles. The summed E-state index contributed by atoms with van der Waals surface area (Å²) in [6.07, 6.45) is -0.710. The number of nitriles is 1. The molecule has 3 aliphatic rings. The van der Waals surface area contributed by atoms with Crippen LogP contribution < -0.4 is 9.80 Å². The molecule has 1 saturated heterocycles. The van der Waals surface area contributed by atoms with Crippen molar-refractivity contribution in [2.75, 3.05) is 23.4 Å². The third-order valence-electron chi connectivity index (χ3n) is 6.92. The molecule has 0 bridgehead atoms. The lowest BCUT2D eigenvalue weighted by Crippen LogP contribution is -2.54. The molecule has 0 N–H and O–H groups in total. The Morgan fingerprint density at radius 3 is 2.58 bits per heavy atom. The highest BCUT2D eigenvalue weighted by molar-refractivity contribution is 6.10. The van der Waals surface area contributed by atoms with Gasteiger partial charge in [-0.3, -0.25) is 9.69 Å². The zero-order chi connectivity index (χ0) is 23.5. The van der Waals surface area contributed by atoms with E-state index < -0.39 is 23.0 Å². The molecule has 170 valence electrons. The quantitative estimate of drug-likeness (QED) is 0.682. The van der Waals surface area contributed by atoms with Crippen LogP contribution in [0.1, 0.15) is 41.6 Å². The maximum atomic E-state index is 13.6. The third kappa shape index (κ3) is 3.20. The van der Waals surface area contributed by atoms with Gasteiger partial charge in [-0.1, -0.05) is 12.6 Å². The zero-order valence-electron chi connectivity index (χ0n) is 18.1. The Morgan fingerprint density at radius 2 is 1.94 bits per heavy atom. The monoisotopic (exact) mass is 453 g/mol. The summed E-state index contributed by atoms with van der Waals surface area (Å²) in [5, 5.41) is 9.05. The third-order valence-corrected chi connectivity index (χ3v) is 6.92. The molecule has 5 rings (SSSR count). The first kappa shape index (κ1) is 21.5. The van der Waals surface area contributed by atoms with E-state index in [1.165, 1.54) is 22.1 Å². The number of hydrogen-bond acceptors (Lipinski definition) is 5. The number of nitrogens with zero attached hydrogens (tertiary/aromatic N) is 5. The number of hydrogen-bond donors (Lipinski definition) is 0. The summed E-state index contributed by atoms with van der Waals surface area (Å²) in [7, 11) is 2.07. The smallest absolute Gasteiger partial charge is 0.313 e. The van der Waals surface area contributed by atoms with Gasteiger partial charge in [-0.05, 0) is 62.1 Å². The second-order valence-electron chi connectivity index (χ2n) is 8.92. The van der Waals surface area contributed by atoms with E-state index in [9.17, 15) is 18.0 Å². The fraction of sp³-hybridized carbons (Fsp3) is 0.375. The van der Waals surface area contributed by atoms with Crippen molar-refractivity contribution < 1.29 is 18.0 Å². The highest BCUT2D eigenvalue weighted by Crippen LogP contribution is 2.51. The van der Waals surface area contributed by atoms with Gasteiger partial charge >= 0.3 is 6.18 Å². The summed E-state index contributed by atoms with van der Waals surface area (Å²) >= 11 is 0. The van der Waals surface area contributed by atoms with Gasteiger partial charge in [0.25, 0.3) is 5.91 Å². The number of fused-ring (bicyclic) bond motifs is 1. The van der Waals surface area contributed by atoms with E-state index in [1.54, 1.807) is 0 Å². The van der Waals surface area contributed by atoms with Gasteiger partial charge < -0.3 is 9.80 Å². The predicted molar refractivity (Wildman–Crippen MR) is 116 cm³/mol. The number of carbonyl (C=O) groups excluding carboxylic acids is 1. The van der Waals surface area contributed by atoms with E-state index in [-0.39, 0.29) is 11.6 Å². The Hall–Kier alpha value is -3.38. The number of pyridine rings is 1. The van der Waals surface area contributed by atoms with Crippen molar-refractivity contribution in [3.05, 3.63) is 65.2 Å². The van der Waals surface area contributed by atoms with Crippen LogP contribution in [0.2, 0.25) is 0 Å². The van der Waals surface area contributed by atoms with Crippen LogP contribution in [0.4, 0.5) is 24.5 Å². The number of aromatic nitrogens is 1. The Balaban J connectivity index is 1.58. The molecular formula is C24H22F3N5O. The Morgan fingerprint density at radius 1 is 1.18 bits per heavy atom. The minimum Gasteiger partial charge on any atom is -0.313 e. The van der Waals surface area contributed by atoms with Gasteiger partial charge in [-0.15, -0.1) is 0 Å². The molecule has 1 saturated carbocycles. The number of amides is 1. The number of likely N-dealkylation sites (N-methyl/N-ethyl adjacent to an activating group) is 1. The van der Waals surface area contributed by atoms with E-state index in [0.717, 1.165) is 43.9 Å². The highest BCUT2D eigenvalue weighted by atomic mass is 19.4. The molecule has 1 amide bonds. The topological polar surface area (TPSA) is 63.5 Å². The minimum atomic E-state index is -4.77. The van der Waals surface area contributed by atoms with Crippen molar-refractivity contribution in [2.45, 2.75) is 43.9 Å². The van der Waals surface area contributed by atoms with Gasteiger partial charge in [0.05, 0.1) is 17.4 Å². The number of benzene rings is 1. The van der Waals surface area contributed by atoms with Crippen molar-refractivity contribution in [3.8, 4) is 6.07 Å². The predicted octanol–water partition coefficient (Wildman–Crippen LogP) is 4.21. The van der Waals surface area contributed by atoms with Crippen LogP contribution in [0.5, 0.6) is 0 Å². The average molecular weight is 453 g/mol. The summed E-state index contributed by atoms with van der Waals surface area (Å²) in [4.78, 5) is 22.6. The molecule has 6 nitrogen and oxygen atoms in total. The van der Waals surface area contributed by atoms with Gasteiger partial charge in [0.2, 0.25) is 0 Å². The number of anilines is 2. The second-order valence-corrected chi connectivity index (χ2v) is 8.92. The first-order valence-corrected chi connectivity index (χ1v) is 10.8. The highest BCUT2D eigenvalue weighted by Gasteiger charge is 2.59. The Labute approximate surface area is 189 Å². The van der Waals surface area contributed by atoms with Gasteiger partial charge in [-0.25, -0.2) is 4.98 Å². The van der Waals surface area contributed by atoms with E-state index in [0.29, 0.717) is 18.7 Å². The minimum absolute atomic E-state index is 0.0373. The van der Waals surface area contributed by atoms with E-state index >= 15 is 0 Å². The summed E-state index contributed by atoms with van der Waals surface area (Å²) in [6.45, 7) is 5.89. The molecule has 1 aliphatic carbocycles. The van der Waals surface area contributed by atoms with Gasteiger partial charge in [0, 0.05) is 18.8 Å². The average Bonchev–Trinajstić information content (AvgIpc) is 2.99. The van der Waals surface area contributed by atoms with Crippen molar-refractivity contribution in [1.82, 2.24) is 9.88 Å². The molecule has 2 aliphatic heterocycles. The number of halogens is 3. The molecule has 0 radical (unpaired) electrons. The Bertz CT molecular complexity index is 1210. The first-order chi connectivity index (χ1) is 15.7. The number of rotatable bonds is 2. The second kappa shape index (κ2) is 7.32. The fourth-order valence-corrected chi connectivity index (χ4v) is 5.08. The summed E-state index contributed by atoms with van der Waals surface area (Å²) in [5.41, 5.74) is 0.470. The summed E-state index contributed by atoms with van der Waals surface area (Å²) in [5.74, 6) is -0.0111. The van der Waals surface area contributed by atoms with Crippen molar-refractivity contribution >= 4 is 17.3 Å². The number of carbonyl (C=O) groups is 1. The van der Waals surface area contributed by atoms with Crippen LogP contribution in [0, 0.1) is 11.3 Å². The van der Waals surface area contributed by atoms with Gasteiger partial charge in [0.1, 0.15) is 17.4 Å². The van der Waals surface area contributed by atoms with E-state index in [2.05, 4.69) is 35.6 Å². The molecule has 2 aromatic rings. The van der Waals surface area contributed by atoms with Crippen LogP contribution in [-0.4, -0.2) is 34.9 Å².